The average Bonchev–Trinajstić information content (AvgIpc) is 2.76. The number of carbonyl (C=O) groups excluding carboxylic acids is 1. The minimum absolute atomic E-state index is 0.101. The predicted molar refractivity (Wildman–Crippen MR) is 124 cm³/mol. The second-order valence-electron chi connectivity index (χ2n) is 9.12. The first-order valence-electron chi connectivity index (χ1n) is 11.5. The van der Waals surface area contributed by atoms with Gasteiger partial charge in [0.15, 0.2) is 5.69 Å². The number of nitrogens with one attached hydrogen (secondary N) is 2. The molecule has 1 spiro atoms. The van der Waals surface area contributed by atoms with E-state index in [0.29, 0.717) is 11.5 Å². The van der Waals surface area contributed by atoms with Crippen LogP contribution in [0.2, 0.25) is 0 Å². The fourth-order valence-electron chi connectivity index (χ4n) is 4.88. The molecule has 7 nitrogen and oxygen atoms in total. The zero-order valence-corrected chi connectivity index (χ0v) is 18.5. The van der Waals surface area contributed by atoms with Gasteiger partial charge in [0.1, 0.15) is 11.4 Å². The maximum atomic E-state index is 12.5. The van der Waals surface area contributed by atoms with E-state index in [1.165, 1.54) is 13.5 Å². The van der Waals surface area contributed by atoms with E-state index in [-0.39, 0.29) is 17.2 Å². The van der Waals surface area contributed by atoms with Crippen molar-refractivity contribution in [3.8, 4) is 0 Å². The lowest BCUT2D eigenvalue weighted by atomic mass is 9.78. The third kappa shape index (κ3) is 3.86. The van der Waals surface area contributed by atoms with Gasteiger partial charge in [0.05, 0.1) is 18.4 Å². The summed E-state index contributed by atoms with van der Waals surface area (Å²) in [5, 5.41) is 12.4. The van der Waals surface area contributed by atoms with Gasteiger partial charge in [0.2, 0.25) is 0 Å². The van der Waals surface area contributed by atoms with E-state index in [0.717, 1.165) is 68.7 Å². The molecule has 1 aliphatic carbocycles. The molecule has 2 aliphatic heterocycles. The van der Waals surface area contributed by atoms with Crippen LogP contribution in [0, 0.1) is 11.3 Å². The number of anilines is 3. The molecule has 168 valence electrons. The van der Waals surface area contributed by atoms with E-state index in [4.69, 9.17) is 14.9 Å². The molecule has 0 unspecified atom stereocenters. The number of nitrogens with zero attached hydrogens (tertiary/aromatic N) is 2. The molecule has 2 aromatic rings. The van der Waals surface area contributed by atoms with Crippen molar-refractivity contribution in [2.75, 3.05) is 37.0 Å². The van der Waals surface area contributed by atoms with Gasteiger partial charge in [-0.1, -0.05) is 24.6 Å². The van der Waals surface area contributed by atoms with Crippen molar-refractivity contribution in [1.82, 2.24) is 4.98 Å². The molecule has 3 fully saturated rings. The van der Waals surface area contributed by atoms with Crippen molar-refractivity contribution in [1.29, 1.82) is 5.41 Å². The number of methoxy groups -OCH3 is 1. The molecule has 0 atom stereocenters. The molecule has 32 heavy (non-hydrogen) atoms. The Morgan fingerprint density at radius 2 is 2.00 bits per heavy atom. The van der Waals surface area contributed by atoms with Crippen LogP contribution < -0.4 is 10.2 Å². The van der Waals surface area contributed by atoms with Crippen LogP contribution in [-0.2, 0) is 9.47 Å². The Hall–Kier alpha value is -2.93. The zero-order valence-electron chi connectivity index (χ0n) is 18.5. The Balaban J connectivity index is 1.56. The van der Waals surface area contributed by atoms with Crippen molar-refractivity contribution < 1.29 is 14.3 Å². The molecule has 0 radical (unpaired) electrons. The molecule has 1 aromatic carbocycles. The van der Waals surface area contributed by atoms with Crippen molar-refractivity contribution in [3.63, 3.8) is 0 Å². The maximum absolute atomic E-state index is 12.5. The number of hydrogen-bond donors (Lipinski definition) is 2. The Morgan fingerprint density at radius 1 is 1.22 bits per heavy atom. The number of para-hydroxylation sites is 1. The fraction of sp³-hybridized carbons (Fsp3) is 0.480. The van der Waals surface area contributed by atoms with E-state index in [2.05, 4.69) is 15.2 Å². The largest absolute Gasteiger partial charge is 0.464 e. The highest BCUT2D eigenvalue weighted by Gasteiger charge is 2.46. The third-order valence-corrected chi connectivity index (χ3v) is 6.95. The van der Waals surface area contributed by atoms with Crippen molar-refractivity contribution >= 4 is 28.9 Å². The summed E-state index contributed by atoms with van der Waals surface area (Å²) < 4.78 is 11.1. The standard InChI is InChI=1S/C25H30N4O3/c1-31-24(30)19-14-20(29-15-25(16-29)12-5-6-13-32-25)21(22(26)17-8-7-9-17)23(28-19)27-18-10-3-2-4-11-18/h2-4,10-11,14,17,26H,5-9,12-13,15-16H2,1H3,(H,27,28). The molecule has 2 saturated heterocycles. The van der Waals surface area contributed by atoms with E-state index in [1.54, 1.807) is 6.07 Å². The molecule has 0 amide bonds. The molecule has 0 bridgehead atoms. The summed E-state index contributed by atoms with van der Waals surface area (Å²) in [7, 11) is 1.37. The quantitative estimate of drug-likeness (QED) is 0.513. The van der Waals surface area contributed by atoms with Crippen molar-refractivity contribution in [3.05, 3.63) is 47.7 Å². The van der Waals surface area contributed by atoms with Crippen molar-refractivity contribution in [2.24, 2.45) is 5.92 Å². The minimum atomic E-state index is -0.478. The number of esters is 1. The van der Waals surface area contributed by atoms with Gasteiger partial charge in [0, 0.05) is 37.0 Å². The number of ether oxygens (including phenoxy) is 2. The number of hydrogen-bond acceptors (Lipinski definition) is 7. The molecule has 3 aliphatic rings. The van der Waals surface area contributed by atoms with Gasteiger partial charge in [-0.2, -0.15) is 0 Å². The highest BCUT2D eigenvalue weighted by atomic mass is 16.5. The van der Waals surface area contributed by atoms with Crippen LogP contribution in [0.1, 0.15) is 54.6 Å². The van der Waals surface area contributed by atoms with Gasteiger partial charge in [-0.05, 0) is 50.3 Å². The van der Waals surface area contributed by atoms with E-state index < -0.39 is 5.97 Å². The molecule has 5 rings (SSSR count). The molecular weight excluding hydrogens is 404 g/mol. The van der Waals surface area contributed by atoms with E-state index >= 15 is 0 Å². The number of pyridine rings is 1. The summed E-state index contributed by atoms with van der Waals surface area (Å²) in [6.07, 6.45) is 6.56. The first-order valence-corrected chi connectivity index (χ1v) is 11.5. The smallest absolute Gasteiger partial charge is 0.356 e. The minimum Gasteiger partial charge on any atom is -0.464 e. The lowest BCUT2D eigenvalue weighted by Crippen LogP contribution is -2.64. The summed E-state index contributed by atoms with van der Waals surface area (Å²) in [5.41, 5.74) is 3.27. The number of carbonyl (C=O) groups is 1. The molecule has 7 heteroatoms. The van der Waals surface area contributed by atoms with Gasteiger partial charge < -0.3 is 25.1 Å². The second kappa shape index (κ2) is 8.54. The molecule has 3 heterocycles. The first-order chi connectivity index (χ1) is 15.6. The summed E-state index contributed by atoms with van der Waals surface area (Å²) >= 11 is 0. The van der Waals surface area contributed by atoms with Crippen LogP contribution in [0.5, 0.6) is 0 Å². The highest BCUT2D eigenvalue weighted by molar-refractivity contribution is 6.10. The summed E-state index contributed by atoms with van der Waals surface area (Å²) in [6, 6.07) is 11.6. The van der Waals surface area contributed by atoms with E-state index in [1.807, 2.05) is 30.3 Å². The molecule has 1 saturated carbocycles. The predicted octanol–water partition coefficient (Wildman–Crippen LogP) is 4.54. The van der Waals surface area contributed by atoms with Gasteiger partial charge in [-0.15, -0.1) is 0 Å². The van der Waals surface area contributed by atoms with Gasteiger partial charge in [0.25, 0.3) is 0 Å². The highest BCUT2D eigenvalue weighted by Crippen LogP contribution is 2.42. The Morgan fingerprint density at radius 3 is 2.62 bits per heavy atom. The average molecular weight is 435 g/mol. The van der Waals surface area contributed by atoms with Crippen LogP contribution in [-0.4, -0.2) is 49.1 Å². The lowest BCUT2D eigenvalue weighted by Gasteiger charge is -2.53. The monoisotopic (exact) mass is 434 g/mol. The Bertz CT molecular complexity index is 1010. The Labute approximate surface area is 188 Å². The molecule has 2 N–H and O–H groups in total. The summed E-state index contributed by atoms with van der Waals surface area (Å²) in [5.74, 6) is 0.293. The molecule has 1 aromatic heterocycles. The van der Waals surface area contributed by atoms with Crippen LogP contribution in [0.25, 0.3) is 0 Å². The number of benzene rings is 1. The SMILES string of the molecule is COC(=O)c1cc(N2CC3(CCCCO3)C2)c(C(=N)C2CCC2)c(Nc2ccccc2)n1. The normalized spacial score (nSPS) is 19.7. The fourth-order valence-corrected chi connectivity index (χ4v) is 4.88. The topological polar surface area (TPSA) is 87.5 Å². The van der Waals surface area contributed by atoms with Crippen LogP contribution in [0.4, 0.5) is 17.2 Å². The number of aromatic nitrogens is 1. The zero-order chi connectivity index (χ0) is 22.1. The van der Waals surface area contributed by atoms with Crippen LogP contribution in [0.3, 0.4) is 0 Å². The van der Waals surface area contributed by atoms with Gasteiger partial charge >= 0.3 is 5.97 Å². The van der Waals surface area contributed by atoms with Gasteiger partial charge in [-0.3, -0.25) is 0 Å². The van der Waals surface area contributed by atoms with Gasteiger partial charge in [-0.25, -0.2) is 9.78 Å². The van der Waals surface area contributed by atoms with Crippen LogP contribution >= 0.6 is 0 Å². The first kappa shape index (κ1) is 20.9. The summed E-state index contributed by atoms with van der Waals surface area (Å²) in [4.78, 5) is 19.3. The van der Waals surface area contributed by atoms with E-state index in [9.17, 15) is 4.79 Å². The maximum Gasteiger partial charge on any atom is 0.356 e. The Kier molecular flexibility index (Phi) is 5.59. The summed E-state index contributed by atoms with van der Waals surface area (Å²) in [6.45, 7) is 2.35. The van der Waals surface area contributed by atoms with Crippen molar-refractivity contribution in [2.45, 2.75) is 44.1 Å². The number of rotatable bonds is 6. The van der Waals surface area contributed by atoms with Crippen LogP contribution in [0.15, 0.2) is 36.4 Å². The second-order valence-corrected chi connectivity index (χ2v) is 9.12. The third-order valence-electron chi connectivity index (χ3n) is 6.95. The lowest BCUT2D eigenvalue weighted by molar-refractivity contribution is -0.0949. The molecular formula is C25H30N4O3.